The number of fused-ring (bicyclic) bond motifs is 1. The number of hydrogen-bond acceptors (Lipinski definition) is 3. The molecule has 1 heterocycles. The summed E-state index contributed by atoms with van der Waals surface area (Å²) in [5.41, 5.74) is 2.53. The van der Waals surface area contributed by atoms with Crippen molar-refractivity contribution >= 4 is 17.7 Å². The first-order valence-electron chi connectivity index (χ1n) is 8.68. The Balaban J connectivity index is 1.55. The normalized spacial score (nSPS) is 16.7. The Kier molecular flexibility index (Phi) is 5.38. The number of thioether (sulfide) groups is 1. The molecule has 1 atom stereocenters. The van der Waals surface area contributed by atoms with Crippen LogP contribution in [0.5, 0.6) is 5.75 Å². The molecule has 0 saturated heterocycles. The van der Waals surface area contributed by atoms with Crippen LogP contribution in [-0.4, -0.2) is 18.3 Å². The summed E-state index contributed by atoms with van der Waals surface area (Å²) < 4.78 is 5.65. The molecule has 3 nitrogen and oxygen atoms in total. The predicted octanol–water partition coefficient (Wildman–Crippen LogP) is 4.72. The van der Waals surface area contributed by atoms with Crippen LogP contribution in [0.4, 0.5) is 0 Å². The third kappa shape index (κ3) is 4.57. The van der Waals surface area contributed by atoms with Crippen molar-refractivity contribution in [3.05, 3.63) is 59.7 Å². The average Bonchev–Trinajstić information content (AvgIpc) is 2.60. The van der Waals surface area contributed by atoms with E-state index in [1.807, 2.05) is 24.3 Å². The molecule has 3 rings (SSSR count). The molecule has 0 aliphatic carbocycles. The number of amides is 1. The maximum atomic E-state index is 12.3. The highest BCUT2D eigenvalue weighted by molar-refractivity contribution is 8.00. The summed E-state index contributed by atoms with van der Waals surface area (Å²) in [7, 11) is 0. The second kappa shape index (κ2) is 7.52. The molecule has 0 spiro atoms. The second-order valence-electron chi connectivity index (χ2n) is 7.36. The second-order valence-corrected chi connectivity index (χ2v) is 8.41. The van der Waals surface area contributed by atoms with Crippen LogP contribution in [0.2, 0.25) is 0 Å². The number of ether oxygens (including phenoxy) is 1. The Bertz CT molecular complexity index is 734. The topological polar surface area (TPSA) is 38.3 Å². The molecule has 0 saturated carbocycles. The fourth-order valence-electron chi connectivity index (χ4n) is 2.93. The van der Waals surface area contributed by atoms with Gasteiger partial charge in [-0.1, -0.05) is 51.1 Å². The molecule has 4 heteroatoms. The van der Waals surface area contributed by atoms with Gasteiger partial charge in [-0.05, 0) is 29.2 Å². The number of benzene rings is 2. The standard InChI is InChI=1S/C21H25NO2S/c1-21(2,3)15-8-10-16(11-9-15)25-14-20(23)22-18-12-13-24-19-7-5-4-6-17(18)19/h4-11,18H,12-14H2,1-3H3,(H,22,23). The maximum absolute atomic E-state index is 12.3. The molecule has 132 valence electrons. The molecule has 1 aliphatic heterocycles. The third-order valence-corrected chi connectivity index (χ3v) is 5.40. The van der Waals surface area contributed by atoms with Gasteiger partial charge in [0.15, 0.2) is 0 Å². The molecule has 1 aliphatic rings. The third-order valence-electron chi connectivity index (χ3n) is 4.38. The van der Waals surface area contributed by atoms with Gasteiger partial charge < -0.3 is 10.1 Å². The van der Waals surface area contributed by atoms with Crippen molar-refractivity contribution in [2.75, 3.05) is 12.4 Å². The van der Waals surface area contributed by atoms with E-state index < -0.39 is 0 Å². The van der Waals surface area contributed by atoms with E-state index in [0.29, 0.717) is 12.4 Å². The summed E-state index contributed by atoms with van der Waals surface area (Å²) >= 11 is 1.57. The zero-order valence-corrected chi connectivity index (χ0v) is 15.9. The van der Waals surface area contributed by atoms with Gasteiger partial charge >= 0.3 is 0 Å². The summed E-state index contributed by atoms with van der Waals surface area (Å²) in [4.78, 5) is 13.5. The number of para-hydroxylation sites is 1. The zero-order valence-electron chi connectivity index (χ0n) is 15.0. The molecular formula is C21H25NO2S. The zero-order chi connectivity index (χ0) is 17.9. The van der Waals surface area contributed by atoms with Crippen molar-refractivity contribution in [2.24, 2.45) is 0 Å². The summed E-state index contributed by atoms with van der Waals surface area (Å²) in [5, 5.41) is 3.14. The van der Waals surface area contributed by atoms with E-state index in [4.69, 9.17) is 4.74 Å². The largest absolute Gasteiger partial charge is 0.493 e. The summed E-state index contributed by atoms with van der Waals surface area (Å²) in [6.07, 6.45) is 0.813. The molecule has 2 aromatic rings. The molecule has 2 aromatic carbocycles. The number of hydrogen-bond donors (Lipinski definition) is 1. The fraction of sp³-hybridized carbons (Fsp3) is 0.381. The summed E-state index contributed by atoms with van der Waals surface area (Å²) in [5.74, 6) is 1.37. The van der Waals surface area contributed by atoms with Crippen LogP contribution in [0.3, 0.4) is 0 Å². The van der Waals surface area contributed by atoms with E-state index >= 15 is 0 Å². The Hall–Kier alpha value is -1.94. The van der Waals surface area contributed by atoms with Gasteiger partial charge in [-0.25, -0.2) is 0 Å². The first-order valence-corrected chi connectivity index (χ1v) is 9.66. The van der Waals surface area contributed by atoms with Gasteiger partial charge in [-0.15, -0.1) is 11.8 Å². The van der Waals surface area contributed by atoms with Crippen molar-refractivity contribution in [1.82, 2.24) is 5.32 Å². The van der Waals surface area contributed by atoms with E-state index in [0.717, 1.165) is 22.6 Å². The molecule has 0 fully saturated rings. The van der Waals surface area contributed by atoms with Gasteiger partial charge in [0.25, 0.3) is 0 Å². The van der Waals surface area contributed by atoms with Crippen LogP contribution in [0.1, 0.15) is 44.4 Å². The Labute approximate surface area is 154 Å². The van der Waals surface area contributed by atoms with Crippen LogP contribution >= 0.6 is 11.8 Å². The van der Waals surface area contributed by atoms with E-state index in [9.17, 15) is 4.79 Å². The smallest absolute Gasteiger partial charge is 0.230 e. The van der Waals surface area contributed by atoms with Crippen LogP contribution in [0, 0.1) is 0 Å². The SMILES string of the molecule is CC(C)(C)c1ccc(SCC(=O)NC2CCOc3ccccc32)cc1. The van der Waals surface area contributed by atoms with Crippen molar-refractivity contribution in [1.29, 1.82) is 0 Å². The summed E-state index contributed by atoms with van der Waals surface area (Å²) in [6.45, 7) is 7.25. The van der Waals surface area contributed by atoms with Crippen LogP contribution in [0.15, 0.2) is 53.4 Å². The fourth-order valence-corrected chi connectivity index (χ4v) is 3.64. The highest BCUT2D eigenvalue weighted by Gasteiger charge is 2.22. The van der Waals surface area contributed by atoms with Crippen LogP contribution in [0.25, 0.3) is 0 Å². The minimum absolute atomic E-state index is 0.0429. The first kappa shape index (κ1) is 17.9. The van der Waals surface area contributed by atoms with E-state index in [-0.39, 0.29) is 17.4 Å². The van der Waals surface area contributed by atoms with Gasteiger partial charge in [0, 0.05) is 16.9 Å². The van der Waals surface area contributed by atoms with Gasteiger partial charge in [0.05, 0.1) is 18.4 Å². The molecule has 0 radical (unpaired) electrons. The van der Waals surface area contributed by atoms with Crippen molar-refractivity contribution in [2.45, 2.75) is 43.5 Å². The number of carbonyl (C=O) groups excluding carboxylic acids is 1. The number of nitrogens with one attached hydrogen (secondary N) is 1. The monoisotopic (exact) mass is 355 g/mol. The van der Waals surface area contributed by atoms with E-state index in [1.165, 1.54) is 5.56 Å². The predicted molar refractivity (Wildman–Crippen MR) is 103 cm³/mol. The Morgan fingerprint density at radius 1 is 1.16 bits per heavy atom. The van der Waals surface area contributed by atoms with Gasteiger partial charge in [-0.3, -0.25) is 4.79 Å². The minimum atomic E-state index is 0.0429. The Morgan fingerprint density at radius 2 is 1.88 bits per heavy atom. The molecule has 0 aromatic heterocycles. The molecular weight excluding hydrogens is 330 g/mol. The molecule has 1 N–H and O–H groups in total. The lowest BCUT2D eigenvalue weighted by Crippen LogP contribution is -2.33. The van der Waals surface area contributed by atoms with Crippen molar-refractivity contribution in [3.63, 3.8) is 0 Å². The molecule has 25 heavy (non-hydrogen) atoms. The van der Waals surface area contributed by atoms with Crippen LogP contribution in [-0.2, 0) is 10.2 Å². The average molecular weight is 356 g/mol. The number of rotatable bonds is 4. The number of carbonyl (C=O) groups is 1. The van der Waals surface area contributed by atoms with Crippen molar-refractivity contribution < 1.29 is 9.53 Å². The Morgan fingerprint density at radius 3 is 2.60 bits per heavy atom. The van der Waals surface area contributed by atoms with Crippen molar-refractivity contribution in [3.8, 4) is 5.75 Å². The minimum Gasteiger partial charge on any atom is -0.493 e. The highest BCUT2D eigenvalue weighted by atomic mass is 32.2. The molecule has 1 unspecified atom stereocenters. The van der Waals surface area contributed by atoms with E-state index in [2.05, 4.69) is 50.4 Å². The first-order chi connectivity index (χ1) is 11.9. The van der Waals surface area contributed by atoms with Gasteiger partial charge in [0.2, 0.25) is 5.91 Å². The van der Waals surface area contributed by atoms with E-state index in [1.54, 1.807) is 11.8 Å². The highest BCUT2D eigenvalue weighted by Crippen LogP contribution is 2.31. The lowest BCUT2D eigenvalue weighted by Gasteiger charge is -2.26. The quantitative estimate of drug-likeness (QED) is 0.807. The van der Waals surface area contributed by atoms with Crippen LogP contribution < -0.4 is 10.1 Å². The van der Waals surface area contributed by atoms with Gasteiger partial charge in [-0.2, -0.15) is 0 Å². The molecule has 0 bridgehead atoms. The summed E-state index contributed by atoms with van der Waals surface area (Å²) in [6, 6.07) is 16.5. The maximum Gasteiger partial charge on any atom is 0.230 e. The lowest BCUT2D eigenvalue weighted by atomic mass is 9.87. The lowest BCUT2D eigenvalue weighted by molar-refractivity contribution is -0.119. The van der Waals surface area contributed by atoms with Gasteiger partial charge in [0.1, 0.15) is 5.75 Å². The molecule has 1 amide bonds.